The molecule has 1 aliphatic carbocycles. The minimum absolute atomic E-state index is 0.0143. The summed E-state index contributed by atoms with van der Waals surface area (Å²) in [5, 5.41) is 6.85. The number of carbonyl (C=O) groups is 1. The SMILES string of the molecule is O=C(CNC1CC1c1cc(F)cc(F)c1OCc1ccccc1)N1CCC2(CCCN2)C1. The van der Waals surface area contributed by atoms with Crippen molar-refractivity contribution < 1.29 is 18.3 Å². The third kappa shape index (κ3) is 4.50. The van der Waals surface area contributed by atoms with Crippen LogP contribution in [0.15, 0.2) is 42.5 Å². The third-order valence-corrected chi connectivity index (χ3v) is 7.01. The minimum Gasteiger partial charge on any atom is -0.486 e. The number of amides is 1. The summed E-state index contributed by atoms with van der Waals surface area (Å²) in [6.07, 6.45) is 4.04. The lowest BCUT2D eigenvalue weighted by Crippen LogP contribution is -2.45. The summed E-state index contributed by atoms with van der Waals surface area (Å²) in [7, 11) is 0. The molecule has 5 nitrogen and oxygen atoms in total. The first-order valence-corrected chi connectivity index (χ1v) is 11.4. The number of rotatable bonds is 7. The normalized spacial score (nSPS) is 26.6. The highest BCUT2D eigenvalue weighted by Gasteiger charge is 2.43. The van der Waals surface area contributed by atoms with E-state index in [9.17, 15) is 13.6 Å². The van der Waals surface area contributed by atoms with Gasteiger partial charge < -0.3 is 20.3 Å². The molecule has 2 aromatic carbocycles. The average Bonchev–Trinajstić information content (AvgIpc) is 3.21. The molecule has 5 rings (SSSR count). The van der Waals surface area contributed by atoms with Crippen LogP contribution in [-0.2, 0) is 11.4 Å². The Morgan fingerprint density at radius 2 is 2.06 bits per heavy atom. The number of nitrogens with one attached hydrogen (secondary N) is 2. The highest BCUT2D eigenvalue weighted by Crippen LogP contribution is 2.46. The first kappa shape index (κ1) is 21.3. The van der Waals surface area contributed by atoms with Gasteiger partial charge in [-0.2, -0.15) is 0 Å². The van der Waals surface area contributed by atoms with Crippen molar-refractivity contribution in [2.75, 3.05) is 26.2 Å². The zero-order valence-corrected chi connectivity index (χ0v) is 18.1. The number of hydrogen-bond donors (Lipinski definition) is 2. The predicted octanol–water partition coefficient (Wildman–Crippen LogP) is 3.34. The van der Waals surface area contributed by atoms with E-state index in [2.05, 4.69) is 10.6 Å². The standard InChI is InChI=1S/C25H29F2N3O2/c26-18-11-20(24(21(27)12-18)32-15-17-5-2-1-3-6-17)19-13-22(19)28-14-23(31)30-10-8-25(16-30)7-4-9-29-25/h1-3,5-6,11-12,19,22,28-29H,4,7-10,13-16H2. The Morgan fingerprint density at radius 1 is 1.22 bits per heavy atom. The number of carbonyl (C=O) groups excluding carboxylic acids is 1. The molecule has 3 aliphatic rings. The molecule has 7 heteroatoms. The maximum atomic E-state index is 14.5. The van der Waals surface area contributed by atoms with Crippen LogP contribution in [0.2, 0.25) is 0 Å². The first-order valence-electron chi connectivity index (χ1n) is 11.4. The lowest BCUT2D eigenvalue weighted by atomic mass is 9.97. The van der Waals surface area contributed by atoms with Crippen LogP contribution in [0, 0.1) is 11.6 Å². The Bertz CT molecular complexity index is 979. The predicted molar refractivity (Wildman–Crippen MR) is 117 cm³/mol. The molecule has 3 unspecified atom stereocenters. The zero-order chi connectivity index (χ0) is 22.1. The van der Waals surface area contributed by atoms with Gasteiger partial charge in [-0.15, -0.1) is 0 Å². The van der Waals surface area contributed by atoms with Crippen LogP contribution in [-0.4, -0.2) is 48.6 Å². The van der Waals surface area contributed by atoms with Gasteiger partial charge in [-0.3, -0.25) is 4.79 Å². The molecule has 2 saturated heterocycles. The van der Waals surface area contributed by atoms with Crippen LogP contribution in [0.5, 0.6) is 5.75 Å². The Hall–Kier alpha value is -2.51. The van der Waals surface area contributed by atoms with Gasteiger partial charge in [0, 0.05) is 42.2 Å². The Kier molecular flexibility index (Phi) is 5.86. The Morgan fingerprint density at radius 3 is 2.84 bits per heavy atom. The summed E-state index contributed by atoms with van der Waals surface area (Å²) in [6.45, 7) is 3.05. The number of hydrogen-bond acceptors (Lipinski definition) is 4. The number of halogens is 2. The Balaban J connectivity index is 1.19. The zero-order valence-electron chi connectivity index (χ0n) is 18.1. The van der Waals surface area contributed by atoms with Gasteiger partial charge in [-0.25, -0.2) is 8.78 Å². The summed E-state index contributed by atoms with van der Waals surface area (Å²) in [6, 6.07) is 11.7. The fraction of sp³-hybridized carbons (Fsp3) is 0.480. The van der Waals surface area contributed by atoms with Crippen molar-refractivity contribution in [2.45, 2.75) is 49.8 Å². The molecule has 3 fully saturated rings. The van der Waals surface area contributed by atoms with Crippen LogP contribution < -0.4 is 15.4 Å². The molecule has 170 valence electrons. The number of likely N-dealkylation sites (tertiary alicyclic amines) is 1. The van der Waals surface area contributed by atoms with Gasteiger partial charge in [0.25, 0.3) is 0 Å². The molecule has 1 amide bonds. The lowest BCUT2D eigenvalue weighted by molar-refractivity contribution is -0.129. The number of ether oxygens (including phenoxy) is 1. The first-order chi connectivity index (χ1) is 15.5. The number of benzene rings is 2. The van der Waals surface area contributed by atoms with E-state index in [-0.39, 0.29) is 42.3 Å². The van der Waals surface area contributed by atoms with E-state index >= 15 is 0 Å². The van der Waals surface area contributed by atoms with Gasteiger partial charge in [0.2, 0.25) is 5.91 Å². The quantitative estimate of drug-likeness (QED) is 0.692. The van der Waals surface area contributed by atoms with E-state index in [0.717, 1.165) is 50.5 Å². The van der Waals surface area contributed by atoms with Gasteiger partial charge in [0.15, 0.2) is 11.6 Å². The molecule has 2 N–H and O–H groups in total. The van der Waals surface area contributed by atoms with E-state index in [4.69, 9.17) is 4.74 Å². The van der Waals surface area contributed by atoms with Crippen molar-refractivity contribution in [3.63, 3.8) is 0 Å². The fourth-order valence-corrected chi connectivity index (χ4v) is 5.13. The van der Waals surface area contributed by atoms with E-state index in [1.54, 1.807) is 0 Å². The minimum atomic E-state index is -0.691. The van der Waals surface area contributed by atoms with Gasteiger partial charge in [0.05, 0.1) is 6.54 Å². The van der Waals surface area contributed by atoms with Crippen molar-refractivity contribution in [1.29, 1.82) is 0 Å². The largest absolute Gasteiger partial charge is 0.486 e. The van der Waals surface area contributed by atoms with Crippen molar-refractivity contribution in [3.05, 3.63) is 65.2 Å². The van der Waals surface area contributed by atoms with E-state index in [0.29, 0.717) is 5.56 Å². The smallest absolute Gasteiger partial charge is 0.236 e. The van der Waals surface area contributed by atoms with Crippen molar-refractivity contribution in [1.82, 2.24) is 15.5 Å². The van der Waals surface area contributed by atoms with E-state index in [1.807, 2.05) is 35.2 Å². The molecule has 1 saturated carbocycles. The fourth-order valence-electron chi connectivity index (χ4n) is 5.13. The molecule has 1 spiro atoms. The van der Waals surface area contributed by atoms with Gasteiger partial charge in [-0.1, -0.05) is 30.3 Å². The molecule has 2 aromatic rings. The summed E-state index contributed by atoms with van der Waals surface area (Å²) >= 11 is 0. The lowest BCUT2D eigenvalue weighted by Gasteiger charge is -2.24. The van der Waals surface area contributed by atoms with Crippen LogP contribution >= 0.6 is 0 Å². The second-order valence-electron chi connectivity index (χ2n) is 9.29. The number of nitrogens with zero attached hydrogens (tertiary/aromatic N) is 1. The summed E-state index contributed by atoms with van der Waals surface area (Å²) in [4.78, 5) is 14.6. The topological polar surface area (TPSA) is 53.6 Å². The molecule has 0 radical (unpaired) electrons. The molecule has 2 aliphatic heterocycles. The van der Waals surface area contributed by atoms with Crippen molar-refractivity contribution >= 4 is 5.91 Å². The molecular weight excluding hydrogens is 412 g/mol. The maximum Gasteiger partial charge on any atom is 0.236 e. The van der Waals surface area contributed by atoms with E-state index in [1.165, 1.54) is 12.5 Å². The van der Waals surface area contributed by atoms with Gasteiger partial charge in [0.1, 0.15) is 12.4 Å². The van der Waals surface area contributed by atoms with Crippen LogP contribution in [0.4, 0.5) is 8.78 Å². The highest BCUT2D eigenvalue weighted by atomic mass is 19.1. The molecule has 32 heavy (non-hydrogen) atoms. The monoisotopic (exact) mass is 441 g/mol. The van der Waals surface area contributed by atoms with Gasteiger partial charge in [-0.05, 0) is 43.9 Å². The second-order valence-corrected chi connectivity index (χ2v) is 9.29. The van der Waals surface area contributed by atoms with E-state index < -0.39 is 11.6 Å². The molecule has 3 atom stereocenters. The average molecular weight is 442 g/mol. The summed E-state index contributed by atoms with van der Waals surface area (Å²) < 4.78 is 34.3. The molecular formula is C25H29F2N3O2. The van der Waals surface area contributed by atoms with Crippen LogP contribution in [0.1, 0.15) is 42.7 Å². The maximum absolute atomic E-state index is 14.5. The Labute approximate surface area is 187 Å². The van der Waals surface area contributed by atoms with Gasteiger partial charge >= 0.3 is 0 Å². The van der Waals surface area contributed by atoms with Crippen LogP contribution in [0.3, 0.4) is 0 Å². The molecule has 0 bridgehead atoms. The summed E-state index contributed by atoms with van der Waals surface area (Å²) in [5.41, 5.74) is 1.55. The summed E-state index contributed by atoms with van der Waals surface area (Å²) in [5.74, 6) is -1.18. The third-order valence-electron chi connectivity index (χ3n) is 7.01. The second kappa shape index (κ2) is 8.79. The van der Waals surface area contributed by atoms with Crippen molar-refractivity contribution in [2.24, 2.45) is 0 Å². The molecule has 2 heterocycles. The van der Waals surface area contributed by atoms with Crippen molar-refractivity contribution in [3.8, 4) is 5.75 Å². The highest BCUT2D eigenvalue weighted by molar-refractivity contribution is 5.79. The van der Waals surface area contributed by atoms with Crippen LogP contribution in [0.25, 0.3) is 0 Å². The molecule has 0 aromatic heterocycles.